The topological polar surface area (TPSA) is 66.5 Å². The average molecular weight is 479 g/mol. The summed E-state index contributed by atoms with van der Waals surface area (Å²) in [7, 11) is -3.49. The predicted molar refractivity (Wildman–Crippen MR) is 116 cm³/mol. The molecule has 0 saturated carbocycles. The zero-order valence-corrected chi connectivity index (χ0v) is 18.2. The zero-order chi connectivity index (χ0) is 19.7. The van der Waals surface area contributed by atoms with Gasteiger partial charge in [0.25, 0.3) is 10.0 Å². The first-order chi connectivity index (χ1) is 13.4. The number of nitrogens with one attached hydrogen (secondary N) is 1. The van der Waals surface area contributed by atoms with E-state index in [0.717, 1.165) is 20.2 Å². The Morgan fingerprint density at radius 3 is 2.46 bits per heavy atom. The Hall–Kier alpha value is -1.74. The highest BCUT2D eigenvalue weighted by molar-refractivity contribution is 9.11. The van der Waals surface area contributed by atoms with Crippen molar-refractivity contribution in [2.45, 2.75) is 17.1 Å². The number of nitrogens with zero attached hydrogens (tertiary/aromatic N) is 1. The largest absolute Gasteiger partial charge is 0.325 e. The van der Waals surface area contributed by atoms with Crippen LogP contribution in [0.15, 0.2) is 62.6 Å². The second-order valence-corrected chi connectivity index (χ2v) is 11.4. The molecule has 1 aromatic heterocycles. The molecule has 2 heterocycles. The van der Waals surface area contributed by atoms with E-state index in [1.54, 1.807) is 12.1 Å². The number of hydrogen-bond acceptors (Lipinski definition) is 4. The second kappa shape index (κ2) is 7.94. The van der Waals surface area contributed by atoms with Crippen LogP contribution in [0.2, 0.25) is 0 Å². The van der Waals surface area contributed by atoms with Gasteiger partial charge in [0.1, 0.15) is 4.21 Å². The number of carbonyl (C=O) groups excluding carboxylic acids is 1. The van der Waals surface area contributed by atoms with Crippen LogP contribution in [-0.2, 0) is 14.8 Å². The minimum Gasteiger partial charge on any atom is -0.325 e. The zero-order valence-electron chi connectivity index (χ0n) is 15.0. The summed E-state index contributed by atoms with van der Waals surface area (Å²) in [6.07, 6.45) is 1.03. The molecule has 5 nitrogen and oxygen atoms in total. The van der Waals surface area contributed by atoms with E-state index in [2.05, 4.69) is 21.2 Å². The fraction of sp³-hybridized carbons (Fsp3) is 0.250. The lowest BCUT2D eigenvalue weighted by Gasteiger charge is -2.30. The van der Waals surface area contributed by atoms with Crippen molar-refractivity contribution < 1.29 is 13.2 Å². The van der Waals surface area contributed by atoms with Crippen molar-refractivity contribution in [1.29, 1.82) is 0 Å². The Kier molecular flexibility index (Phi) is 5.55. The molecule has 1 N–H and O–H groups in total. The van der Waals surface area contributed by atoms with Gasteiger partial charge in [-0.25, -0.2) is 8.42 Å². The van der Waals surface area contributed by atoms with Gasteiger partial charge in [-0.05, 0) is 52.4 Å². The molecule has 0 atom stereocenters. The smallest absolute Gasteiger partial charge is 0.252 e. The average Bonchev–Trinajstić information content (AvgIpc) is 3.15. The molecule has 1 fully saturated rings. The van der Waals surface area contributed by atoms with Gasteiger partial charge < -0.3 is 5.32 Å². The highest BCUT2D eigenvalue weighted by atomic mass is 79.9. The maximum absolute atomic E-state index is 12.8. The molecule has 4 rings (SSSR count). The molecule has 0 radical (unpaired) electrons. The summed E-state index contributed by atoms with van der Waals surface area (Å²) in [4.78, 5) is 12.8. The van der Waals surface area contributed by atoms with Crippen LogP contribution in [0.4, 0.5) is 5.69 Å². The number of piperidine rings is 1. The summed E-state index contributed by atoms with van der Waals surface area (Å²) >= 11 is 4.51. The quantitative estimate of drug-likeness (QED) is 0.590. The van der Waals surface area contributed by atoms with Crippen molar-refractivity contribution in [3.05, 3.63) is 58.4 Å². The maximum atomic E-state index is 12.8. The predicted octanol–water partition coefficient (Wildman–Crippen LogP) is 4.70. The van der Waals surface area contributed by atoms with E-state index in [0.29, 0.717) is 30.1 Å². The number of hydrogen-bond donors (Lipinski definition) is 1. The van der Waals surface area contributed by atoms with Crippen LogP contribution >= 0.6 is 27.3 Å². The Labute approximate surface area is 176 Å². The summed E-state index contributed by atoms with van der Waals surface area (Å²) in [5, 5.41) is 5.11. The highest BCUT2D eigenvalue weighted by Gasteiger charge is 2.33. The van der Waals surface area contributed by atoms with Gasteiger partial charge in [-0.3, -0.25) is 4.79 Å². The minimum absolute atomic E-state index is 0.0488. The van der Waals surface area contributed by atoms with E-state index in [-0.39, 0.29) is 11.8 Å². The number of sulfonamides is 1. The third kappa shape index (κ3) is 3.87. The fourth-order valence-electron chi connectivity index (χ4n) is 3.49. The molecule has 1 amide bonds. The molecular weight excluding hydrogens is 460 g/mol. The minimum atomic E-state index is -3.49. The van der Waals surface area contributed by atoms with Gasteiger partial charge in [0.05, 0.1) is 3.79 Å². The molecule has 1 aliphatic rings. The fourth-order valence-corrected chi connectivity index (χ4v) is 7.13. The lowest BCUT2D eigenvalue weighted by Crippen LogP contribution is -2.41. The van der Waals surface area contributed by atoms with Gasteiger partial charge in [-0.2, -0.15) is 4.31 Å². The van der Waals surface area contributed by atoms with E-state index < -0.39 is 10.0 Å². The first-order valence-electron chi connectivity index (χ1n) is 8.99. The SMILES string of the molecule is O=C(Nc1cccc2ccccc12)C1CCN(S(=O)(=O)c2ccc(Br)s2)CC1. The monoisotopic (exact) mass is 478 g/mol. The molecule has 8 heteroatoms. The molecule has 2 aromatic carbocycles. The summed E-state index contributed by atoms with van der Waals surface area (Å²) in [6, 6.07) is 17.1. The van der Waals surface area contributed by atoms with Crippen LogP contribution in [0.3, 0.4) is 0 Å². The Morgan fingerprint density at radius 1 is 1.04 bits per heavy atom. The molecule has 0 aliphatic carbocycles. The lowest BCUT2D eigenvalue weighted by atomic mass is 9.97. The van der Waals surface area contributed by atoms with Gasteiger partial charge >= 0.3 is 0 Å². The molecule has 0 spiro atoms. The van der Waals surface area contributed by atoms with Crippen LogP contribution in [0.1, 0.15) is 12.8 Å². The standard InChI is InChI=1S/C20H19BrN2O3S2/c21-18-8-9-19(27-18)28(25,26)23-12-10-15(11-13-23)20(24)22-17-7-3-5-14-4-1-2-6-16(14)17/h1-9,15H,10-13H2,(H,22,24). The highest BCUT2D eigenvalue weighted by Crippen LogP contribution is 2.31. The number of halogens is 1. The first kappa shape index (κ1) is 19.6. The Balaban J connectivity index is 1.43. The summed E-state index contributed by atoms with van der Waals surface area (Å²) < 4.78 is 28.1. The molecular formula is C20H19BrN2O3S2. The van der Waals surface area contributed by atoms with Gasteiger partial charge in [0, 0.05) is 30.1 Å². The lowest BCUT2D eigenvalue weighted by molar-refractivity contribution is -0.120. The Morgan fingerprint density at radius 2 is 1.75 bits per heavy atom. The van der Waals surface area contributed by atoms with E-state index in [1.165, 1.54) is 15.6 Å². The third-order valence-electron chi connectivity index (χ3n) is 5.01. The number of carbonyl (C=O) groups is 1. The van der Waals surface area contributed by atoms with Gasteiger partial charge in [-0.15, -0.1) is 11.3 Å². The second-order valence-electron chi connectivity index (χ2n) is 6.75. The van der Waals surface area contributed by atoms with Crippen LogP contribution in [0.5, 0.6) is 0 Å². The molecule has 0 unspecified atom stereocenters. The molecule has 3 aromatic rings. The number of amides is 1. The van der Waals surface area contributed by atoms with Gasteiger partial charge in [-0.1, -0.05) is 36.4 Å². The number of rotatable bonds is 4. The van der Waals surface area contributed by atoms with Crippen molar-refractivity contribution in [3.63, 3.8) is 0 Å². The van der Waals surface area contributed by atoms with Crippen molar-refractivity contribution in [2.75, 3.05) is 18.4 Å². The van der Waals surface area contributed by atoms with Crippen LogP contribution < -0.4 is 5.32 Å². The van der Waals surface area contributed by atoms with Gasteiger partial charge in [0.15, 0.2) is 0 Å². The molecule has 146 valence electrons. The van der Waals surface area contributed by atoms with Crippen molar-refractivity contribution in [1.82, 2.24) is 4.31 Å². The molecule has 28 heavy (non-hydrogen) atoms. The van der Waals surface area contributed by atoms with Crippen molar-refractivity contribution >= 4 is 59.7 Å². The van der Waals surface area contributed by atoms with Crippen LogP contribution in [0, 0.1) is 5.92 Å². The number of benzene rings is 2. The molecule has 0 bridgehead atoms. The third-order valence-corrected chi connectivity index (χ3v) is 9.00. The van der Waals surface area contributed by atoms with Crippen LogP contribution in [-0.4, -0.2) is 31.7 Å². The molecule has 1 saturated heterocycles. The van der Waals surface area contributed by atoms with Crippen LogP contribution in [0.25, 0.3) is 10.8 Å². The van der Waals surface area contributed by atoms with E-state index in [9.17, 15) is 13.2 Å². The van der Waals surface area contributed by atoms with Crippen molar-refractivity contribution in [3.8, 4) is 0 Å². The number of thiophene rings is 1. The van der Waals surface area contributed by atoms with E-state index >= 15 is 0 Å². The summed E-state index contributed by atoms with van der Waals surface area (Å²) in [5.41, 5.74) is 0.793. The number of fused-ring (bicyclic) bond motifs is 1. The van der Waals surface area contributed by atoms with E-state index in [4.69, 9.17) is 0 Å². The normalized spacial score (nSPS) is 16.3. The summed E-state index contributed by atoms with van der Waals surface area (Å²) in [6.45, 7) is 0.705. The first-order valence-corrected chi connectivity index (χ1v) is 12.0. The number of anilines is 1. The van der Waals surface area contributed by atoms with Crippen molar-refractivity contribution in [2.24, 2.45) is 5.92 Å². The summed E-state index contributed by atoms with van der Waals surface area (Å²) in [5.74, 6) is -0.243. The maximum Gasteiger partial charge on any atom is 0.252 e. The molecule has 1 aliphatic heterocycles. The Bertz CT molecular complexity index is 1110. The van der Waals surface area contributed by atoms with E-state index in [1.807, 2.05) is 42.5 Å². The van der Waals surface area contributed by atoms with Gasteiger partial charge in [0.2, 0.25) is 5.91 Å².